The van der Waals surface area contributed by atoms with Gasteiger partial charge in [0, 0.05) is 20.0 Å². The van der Waals surface area contributed by atoms with Gasteiger partial charge in [-0.2, -0.15) is 0 Å². The van der Waals surface area contributed by atoms with Gasteiger partial charge in [-0.15, -0.1) is 0 Å². The van der Waals surface area contributed by atoms with Crippen LogP contribution in [0, 0.1) is 12.8 Å². The van der Waals surface area contributed by atoms with Crippen molar-refractivity contribution in [3.8, 4) is 0 Å². The lowest BCUT2D eigenvalue weighted by Gasteiger charge is -2.25. The van der Waals surface area contributed by atoms with Crippen LogP contribution >= 0.6 is 0 Å². The molecule has 5 heteroatoms. The van der Waals surface area contributed by atoms with E-state index in [1.165, 1.54) is 5.56 Å². The number of hydrogen-bond donors (Lipinski definition) is 1. The summed E-state index contributed by atoms with van der Waals surface area (Å²) in [6.45, 7) is 3.61. The summed E-state index contributed by atoms with van der Waals surface area (Å²) in [5.41, 5.74) is 2.20. The molecular weight excluding hydrogens is 290 g/mol. The van der Waals surface area contributed by atoms with Crippen molar-refractivity contribution in [2.45, 2.75) is 25.8 Å². The largest absolute Gasteiger partial charge is 0.356 e. The SMILES string of the molecule is Cc1ccc([C@H]2[C@@H](C(=O)NCCCN(C)C)CC(=O)N2C)cc1. The molecule has 1 aromatic rings. The van der Waals surface area contributed by atoms with Crippen LogP contribution in [0.3, 0.4) is 0 Å². The highest BCUT2D eigenvalue weighted by molar-refractivity contribution is 5.90. The number of likely N-dealkylation sites (tertiary alicyclic amines) is 1. The molecule has 126 valence electrons. The summed E-state index contributed by atoms with van der Waals surface area (Å²) >= 11 is 0. The van der Waals surface area contributed by atoms with Crippen molar-refractivity contribution in [1.82, 2.24) is 15.1 Å². The molecule has 23 heavy (non-hydrogen) atoms. The Morgan fingerprint density at radius 3 is 2.57 bits per heavy atom. The maximum Gasteiger partial charge on any atom is 0.226 e. The normalized spacial score (nSPS) is 21.1. The van der Waals surface area contributed by atoms with E-state index in [0.29, 0.717) is 6.54 Å². The number of carbonyl (C=O) groups excluding carboxylic acids is 2. The van der Waals surface area contributed by atoms with Crippen LogP contribution in [0.25, 0.3) is 0 Å². The smallest absolute Gasteiger partial charge is 0.226 e. The molecule has 0 unspecified atom stereocenters. The van der Waals surface area contributed by atoms with E-state index in [9.17, 15) is 9.59 Å². The van der Waals surface area contributed by atoms with Crippen molar-refractivity contribution >= 4 is 11.8 Å². The maximum absolute atomic E-state index is 12.5. The van der Waals surface area contributed by atoms with Gasteiger partial charge in [-0.05, 0) is 39.5 Å². The molecule has 1 heterocycles. The van der Waals surface area contributed by atoms with Crippen LogP contribution in [-0.2, 0) is 9.59 Å². The summed E-state index contributed by atoms with van der Waals surface area (Å²) in [7, 11) is 5.81. The third kappa shape index (κ3) is 4.32. The van der Waals surface area contributed by atoms with Crippen molar-refractivity contribution in [3.05, 3.63) is 35.4 Å². The second-order valence-electron chi connectivity index (χ2n) is 6.62. The van der Waals surface area contributed by atoms with E-state index in [-0.39, 0.29) is 30.2 Å². The Morgan fingerprint density at radius 2 is 1.96 bits per heavy atom. The van der Waals surface area contributed by atoms with Crippen LogP contribution in [-0.4, -0.2) is 55.8 Å². The lowest BCUT2D eigenvalue weighted by molar-refractivity contribution is -0.128. The van der Waals surface area contributed by atoms with Gasteiger partial charge < -0.3 is 15.1 Å². The second kappa shape index (κ2) is 7.59. The third-order valence-electron chi connectivity index (χ3n) is 4.42. The number of benzene rings is 1. The number of carbonyl (C=O) groups is 2. The van der Waals surface area contributed by atoms with Gasteiger partial charge in [-0.25, -0.2) is 0 Å². The number of rotatable bonds is 6. The van der Waals surface area contributed by atoms with E-state index < -0.39 is 0 Å². The van der Waals surface area contributed by atoms with Crippen LogP contribution in [0.5, 0.6) is 0 Å². The minimum absolute atomic E-state index is 0.0213. The summed E-state index contributed by atoms with van der Waals surface area (Å²) in [4.78, 5) is 28.4. The minimum Gasteiger partial charge on any atom is -0.356 e. The molecule has 1 aliphatic heterocycles. The predicted octanol–water partition coefficient (Wildman–Crippen LogP) is 1.58. The summed E-state index contributed by atoms with van der Waals surface area (Å²) in [5.74, 6) is -0.300. The summed E-state index contributed by atoms with van der Waals surface area (Å²) in [5, 5.41) is 2.99. The summed E-state index contributed by atoms with van der Waals surface area (Å²) in [6, 6.07) is 7.91. The van der Waals surface area contributed by atoms with Crippen LogP contribution in [0.2, 0.25) is 0 Å². The maximum atomic E-state index is 12.5. The highest BCUT2D eigenvalue weighted by Crippen LogP contribution is 2.37. The van der Waals surface area contributed by atoms with Gasteiger partial charge in [-0.3, -0.25) is 9.59 Å². The van der Waals surface area contributed by atoms with Crippen LogP contribution < -0.4 is 5.32 Å². The van der Waals surface area contributed by atoms with E-state index in [0.717, 1.165) is 18.5 Å². The molecule has 0 aromatic heterocycles. The Morgan fingerprint density at radius 1 is 1.30 bits per heavy atom. The average Bonchev–Trinajstić information content (AvgIpc) is 2.80. The fourth-order valence-electron chi connectivity index (χ4n) is 3.06. The van der Waals surface area contributed by atoms with Crippen molar-refractivity contribution < 1.29 is 9.59 Å². The zero-order chi connectivity index (χ0) is 17.0. The van der Waals surface area contributed by atoms with Crippen LogP contribution in [0.15, 0.2) is 24.3 Å². The average molecular weight is 317 g/mol. The van der Waals surface area contributed by atoms with Crippen LogP contribution in [0.1, 0.15) is 30.0 Å². The lowest BCUT2D eigenvalue weighted by Crippen LogP contribution is -2.35. The van der Waals surface area contributed by atoms with Crippen molar-refractivity contribution in [3.63, 3.8) is 0 Å². The highest BCUT2D eigenvalue weighted by atomic mass is 16.2. The first kappa shape index (κ1) is 17.5. The molecule has 0 saturated carbocycles. The fourth-order valence-corrected chi connectivity index (χ4v) is 3.06. The van der Waals surface area contributed by atoms with Gasteiger partial charge in [0.25, 0.3) is 0 Å². The van der Waals surface area contributed by atoms with Gasteiger partial charge in [0.2, 0.25) is 11.8 Å². The topological polar surface area (TPSA) is 52.7 Å². The third-order valence-corrected chi connectivity index (χ3v) is 4.42. The molecule has 2 rings (SSSR count). The molecule has 0 aliphatic carbocycles. The van der Waals surface area contributed by atoms with Crippen molar-refractivity contribution in [2.24, 2.45) is 5.92 Å². The first-order valence-corrected chi connectivity index (χ1v) is 8.15. The highest BCUT2D eigenvalue weighted by Gasteiger charge is 2.42. The van der Waals surface area contributed by atoms with Crippen molar-refractivity contribution in [2.75, 3.05) is 34.2 Å². The zero-order valence-electron chi connectivity index (χ0n) is 14.5. The number of aryl methyl sites for hydroxylation is 1. The Balaban J connectivity index is 2.04. The molecule has 0 bridgehead atoms. The van der Waals surface area contributed by atoms with Crippen LogP contribution in [0.4, 0.5) is 0 Å². The predicted molar refractivity (Wildman–Crippen MR) is 91.0 cm³/mol. The minimum atomic E-state index is -0.311. The molecular formula is C18H27N3O2. The van der Waals surface area contributed by atoms with Gasteiger partial charge in [0.05, 0.1) is 12.0 Å². The van der Waals surface area contributed by atoms with E-state index in [2.05, 4.69) is 10.2 Å². The molecule has 2 amide bonds. The molecule has 1 aromatic carbocycles. The number of hydrogen-bond acceptors (Lipinski definition) is 3. The Hall–Kier alpha value is -1.88. The molecule has 1 N–H and O–H groups in total. The van der Waals surface area contributed by atoms with Gasteiger partial charge in [-0.1, -0.05) is 29.8 Å². The lowest BCUT2D eigenvalue weighted by atomic mass is 9.92. The van der Waals surface area contributed by atoms with E-state index in [4.69, 9.17) is 0 Å². The Bertz CT molecular complexity index is 554. The van der Waals surface area contributed by atoms with Gasteiger partial charge >= 0.3 is 0 Å². The molecule has 1 aliphatic rings. The van der Waals surface area contributed by atoms with E-state index in [1.54, 1.807) is 11.9 Å². The number of nitrogens with zero attached hydrogens (tertiary/aromatic N) is 2. The molecule has 5 nitrogen and oxygen atoms in total. The Kier molecular flexibility index (Phi) is 5.77. The van der Waals surface area contributed by atoms with E-state index >= 15 is 0 Å². The van der Waals surface area contributed by atoms with Gasteiger partial charge in [0.1, 0.15) is 0 Å². The molecule has 0 spiro atoms. The van der Waals surface area contributed by atoms with E-state index in [1.807, 2.05) is 45.3 Å². The Labute approximate surface area is 138 Å². The standard InChI is InChI=1S/C18H27N3O2/c1-13-6-8-14(9-7-13)17-15(12-16(22)21(17)4)18(23)19-10-5-11-20(2)3/h6-9,15,17H,5,10-12H2,1-4H3,(H,19,23)/t15-,17-/m0/s1. The summed E-state index contributed by atoms with van der Waals surface area (Å²) < 4.78 is 0. The summed E-state index contributed by atoms with van der Waals surface area (Å²) in [6.07, 6.45) is 1.19. The van der Waals surface area contributed by atoms with Crippen molar-refractivity contribution in [1.29, 1.82) is 0 Å². The molecule has 2 atom stereocenters. The first-order valence-electron chi connectivity index (χ1n) is 8.15. The molecule has 0 radical (unpaired) electrons. The number of nitrogens with one attached hydrogen (secondary N) is 1. The second-order valence-corrected chi connectivity index (χ2v) is 6.62. The molecule has 1 saturated heterocycles. The monoisotopic (exact) mass is 317 g/mol. The number of amides is 2. The quantitative estimate of drug-likeness (QED) is 0.811. The molecule has 1 fully saturated rings. The first-order chi connectivity index (χ1) is 10.9. The zero-order valence-corrected chi connectivity index (χ0v) is 14.5. The fraction of sp³-hybridized carbons (Fsp3) is 0.556. The van der Waals surface area contributed by atoms with Gasteiger partial charge in [0.15, 0.2) is 0 Å².